The predicted octanol–water partition coefficient (Wildman–Crippen LogP) is 7.68. The third kappa shape index (κ3) is 5.79. The minimum Gasteiger partial charge on any atom is -0.494 e. The summed E-state index contributed by atoms with van der Waals surface area (Å²) >= 11 is 0. The van der Waals surface area contributed by atoms with Gasteiger partial charge in [0.1, 0.15) is 11.6 Å². The number of aliphatic hydroxyl groups is 1. The number of aryl methyl sites for hydroxylation is 1. The second-order valence-electron chi connectivity index (χ2n) is 10.2. The molecule has 2 nitrogen and oxygen atoms in total. The van der Waals surface area contributed by atoms with Crippen LogP contribution in [0.1, 0.15) is 93.2 Å². The minimum atomic E-state index is -0.688. The van der Waals surface area contributed by atoms with Gasteiger partial charge in [0.2, 0.25) is 0 Å². The van der Waals surface area contributed by atoms with E-state index in [1.807, 2.05) is 19.1 Å². The Kier molecular flexibility index (Phi) is 8.57. The molecule has 0 amide bonds. The van der Waals surface area contributed by atoms with E-state index in [0.717, 1.165) is 63.4 Å². The van der Waals surface area contributed by atoms with Gasteiger partial charge in [-0.05, 0) is 118 Å². The van der Waals surface area contributed by atoms with Crippen LogP contribution in [0.5, 0.6) is 5.75 Å². The molecule has 2 aromatic rings. The topological polar surface area (TPSA) is 29.5 Å². The van der Waals surface area contributed by atoms with Gasteiger partial charge in [-0.3, -0.25) is 0 Å². The van der Waals surface area contributed by atoms with Gasteiger partial charge < -0.3 is 9.84 Å². The Hall–Kier alpha value is -2.01. The van der Waals surface area contributed by atoms with Gasteiger partial charge in [0.15, 0.2) is 11.6 Å². The van der Waals surface area contributed by atoms with Crippen LogP contribution in [0.3, 0.4) is 0 Å². The largest absolute Gasteiger partial charge is 0.494 e. The molecular formula is C29H37F3O2. The third-order valence-electron chi connectivity index (χ3n) is 8.13. The summed E-state index contributed by atoms with van der Waals surface area (Å²) in [6.07, 6.45) is 8.51. The van der Waals surface area contributed by atoms with Crippen LogP contribution in [-0.4, -0.2) is 18.3 Å². The lowest BCUT2D eigenvalue weighted by Crippen LogP contribution is -2.17. The van der Waals surface area contributed by atoms with Crippen molar-refractivity contribution in [2.45, 2.75) is 83.0 Å². The van der Waals surface area contributed by atoms with Crippen LogP contribution in [0.4, 0.5) is 13.2 Å². The van der Waals surface area contributed by atoms with Crippen LogP contribution in [0.15, 0.2) is 30.3 Å². The SMILES string of the molecule is CCOc1ccc(C2CCC(CCc3ccc(C4CCC(CO)CC4)c(F)c3F)CC2)c(F)c1. The Bertz CT molecular complexity index is 945. The first-order valence-corrected chi connectivity index (χ1v) is 13.0. The Morgan fingerprint density at radius 2 is 1.41 bits per heavy atom. The van der Waals surface area contributed by atoms with Gasteiger partial charge >= 0.3 is 0 Å². The van der Waals surface area contributed by atoms with Crippen LogP contribution < -0.4 is 4.74 Å². The van der Waals surface area contributed by atoms with E-state index in [9.17, 15) is 18.3 Å². The van der Waals surface area contributed by atoms with E-state index in [1.165, 1.54) is 6.07 Å². The van der Waals surface area contributed by atoms with E-state index in [2.05, 4.69) is 0 Å². The third-order valence-corrected chi connectivity index (χ3v) is 8.13. The Morgan fingerprint density at radius 3 is 2.03 bits per heavy atom. The van der Waals surface area contributed by atoms with Crippen molar-refractivity contribution < 1.29 is 23.0 Å². The molecule has 0 saturated heterocycles. The van der Waals surface area contributed by atoms with Gasteiger partial charge in [-0.1, -0.05) is 18.2 Å². The summed E-state index contributed by atoms with van der Waals surface area (Å²) in [6.45, 7) is 2.58. The number of ether oxygens (including phenoxy) is 1. The molecule has 0 heterocycles. The average Bonchev–Trinajstić information content (AvgIpc) is 2.86. The molecule has 5 heteroatoms. The maximum atomic E-state index is 14.9. The molecule has 2 aliphatic carbocycles. The molecule has 2 aliphatic rings. The van der Waals surface area contributed by atoms with Crippen molar-refractivity contribution in [2.75, 3.05) is 13.2 Å². The summed E-state index contributed by atoms with van der Waals surface area (Å²) in [5.74, 6) is 0.00675. The smallest absolute Gasteiger partial charge is 0.162 e. The van der Waals surface area contributed by atoms with Gasteiger partial charge in [-0.15, -0.1) is 0 Å². The van der Waals surface area contributed by atoms with E-state index < -0.39 is 11.6 Å². The standard InChI is InChI=1S/C29H37F3O2/c1-2-34-24-14-16-25(27(30)17-24)21-8-3-19(4-9-21)5-12-23-13-15-26(29(32)28(23)31)22-10-6-20(18-33)7-11-22/h13-17,19-22,33H,2-12,18H2,1H3. The Labute approximate surface area is 201 Å². The molecule has 2 fully saturated rings. The van der Waals surface area contributed by atoms with Crippen LogP contribution in [0.2, 0.25) is 0 Å². The molecule has 2 saturated carbocycles. The molecule has 4 rings (SSSR count). The minimum absolute atomic E-state index is 0.0459. The molecule has 0 radical (unpaired) electrons. The zero-order valence-corrected chi connectivity index (χ0v) is 20.2. The second kappa shape index (κ2) is 11.6. The first kappa shape index (κ1) is 25.1. The van der Waals surface area contributed by atoms with E-state index in [1.54, 1.807) is 12.1 Å². The summed E-state index contributed by atoms with van der Waals surface area (Å²) < 4.78 is 49.7. The predicted molar refractivity (Wildman–Crippen MR) is 129 cm³/mol. The van der Waals surface area contributed by atoms with E-state index in [-0.39, 0.29) is 24.3 Å². The fourth-order valence-corrected chi connectivity index (χ4v) is 5.99. The zero-order valence-electron chi connectivity index (χ0n) is 20.2. The van der Waals surface area contributed by atoms with Gasteiger partial charge in [0.05, 0.1) is 6.61 Å². The number of aliphatic hydroxyl groups excluding tert-OH is 1. The van der Waals surface area contributed by atoms with Gasteiger partial charge in [-0.2, -0.15) is 0 Å². The van der Waals surface area contributed by atoms with Gasteiger partial charge in [0.25, 0.3) is 0 Å². The fraction of sp³-hybridized carbons (Fsp3) is 0.586. The van der Waals surface area contributed by atoms with Crippen molar-refractivity contribution in [2.24, 2.45) is 11.8 Å². The number of hydrogen-bond acceptors (Lipinski definition) is 2. The summed E-state index contributed by atoms with van der Waals surface area (Å²) in [5, 5.41) is 9.31. The maximum absolute atomic E-state index is 14.9. The fourth-order valence-electron chi connectivity index (χ4n) is 5.99. The van der Waals surface area contributed by atoms with E-state index >= 15 is 0 Å². The van der Waals surface area contributed by atoms with Crippen LogP contribution in [0, 0.1) is 29.3 Å². The second-order valence-corrected chi connectivity index (χ2v) is 10.2. The van der Waals surface area contributed by atoms with E-state index in [4.69, 9.17) is 4.74 Å². The highest BCUT2D eigenvalue weighted by Gasteiger charge is 2.27. The molecule has 0 aliphatic heterocycles. The summed E-state index contributed by atoms with van der Waals surface area (Å²) in [6, 6.07) is 8.72. The monoisotopic (exact) mass is 474 g/mol. The maximum Gasteiger partial charge on any atom is 0.162 e. The molecule has 2 aromatic carbocycles. The number of benzene rings is 2. The number of rotatable bonds is 8. The summed E-state index contributed by atoms with van der Waals surface area (Å²) in [4.78, 5) is 0. The molecule has 0 bridgehead atoms. The van der Waals surface area contributed by atoms with Crippen LogP contribution >= 0.6 is 0 Å². The average molecular weight is 475 g/mol. The van der Waals surface area contributed by atoms with E-state index in [0.29, 0.717) is 41.7 Å². The quantitative estimate of drug-likeness (QED) is 0.425. The first-order chi connectivity index (χ1) is 16.5. The molecule has 34 heavy (non-hydrogen) atoms. The lowest BCUT2D eigenvalue weighted by atomic mass is 9.76. The molecular weight excluding hydrogens is 437 g/mol. The molecule has 0 aromatic heterocycles. The number of halogens is 3. The van der Waals surface area contributed by atoms with Crippen LogP contribution in [0.25, 0.3) is 0 Å². The lowest BCUT2D eigenvalue weighted by Gasteiger charge is -2.29. The molecule has 0 atom stereocenters. The normalized spacial score (nSPS) is 25.3. The van der Waals surface area contributed by atoms with Gasteiger partial charge in [0, 0.05) is 12.7 Å². The Morgan fingerprint density at radius 1 is 0.794 bits per heavy atom. The number of hydrogen-bond donors (Lipinski definition) is 1. The summed E-state index contributed by atoms with van der Waals surface area (Å²) in [5.41, 5.74) is 1.72. The van der Waals surface area contributed by atoms with Crippen molar-refractivity contribution >= 4 is 0 Å². The first-order valence-electron chi connectivity index (χ1n) is 13.0. The van der Waals surface area contributed by atoms with Gasteiger partial charge in [-0.25, -0.2) is 13.2 Å². The zero-order chi connectivity index (χ0) is 24.1. The van der Waals surface area contributed by atoms with Crippen molar-refractivity contribution in [1.82, 2.24) is 0 Å². The molecule has 0 spiro atoms. The van der Waals surface area contributed by atoms with Crippen molar-refractivity contribution in [3.8, 4) is 5.75 Å². The summed E-state index contributed by atoms with van der Waals surface area (Å²) in [7, 11) is 0. The van der Waals surface area contributed by atoms with Crippen molar-refractivity contribution in [3.63, 3.8) is 0 Å². The Balaban J connectivity index is 1.30. The highest BCUT2D eigenvalue weighted by Crippen LogP contribution is 2.40. The molecule has 1 N–H and O–H groups in total. The molecule has 0 unspecified atom stereocenters. The highest BCUT2D eigenvalue weighted by molar-refractivity contribution is 5.32. The lowest BCUT2D eigenvalue weighted by molar-refractivity contribution is 0.181. The van der Waals surface area contributed by atoms with Crippen molar-refractivity contribution in [1.29, 1.82) is 0 Å². The highest BCUT2D eigenvalue weighted by atomic mass is 19.2. The van der Waals surface area contributed by atoms with Crippen LogP contribution in [-0.2, 0) is 6.42 Å². The molecule has 186 valence electrons. The van der Waals surface area contributed by atoms with Crippen molar-refractivity contribution in [3.05, 3.63) is 64.5 Å².